The average Bonchev–Trinajstić information content (AvgIpc) is 2.21. The first-order valence-corrected chi connectivity index (χ1v) is 5.66. The second kappa shape index (κ2) is 6.39. The van der Waals surface area contributed by atoms with Gasteiger partial charge in [0.15, 0.2) is 0 Å². The van der Waals surface area contributed by atoms with Crippen molar-refractivity contribution >= 4 is 0 Å². The van der Waals surface area contributed by atoms with Gasteiger partial charge in [0.1, 0.15) is 0 Å². The predicted octanol–water partition coefficient (Wildman–Crippen LogP) is 2.18. The molecule has 0 spiro atoms. The van der Waals surface area contributed by atoms with Gasteiger partial charge >= 0.3 is 0 Å². The van der Waals surface area contributed by atoms with Crippen LogP contribution in [0.1, 0.15) is 39.0 Å². The maximum absolute atomic E-state index is 5.76. The van der Waals surface area contributed by atoms with Gasteiger partial charge in [0.25, 0.3) is 0 Å². The normalized spacial score (nSPS) is 21.7. The van der Waals surface area contributed by atoms with Gasteiger partial charge in [0, 0.05) is 6.61 Å². The van der Waals surface area contributed by atoms with Gasteiger partial charge in [-0.1, -0.05) is 32.1 Å². The van der Waals surface area contributed by atoms with Crippen molar-refractivity contribution in [3.05, 3.63) is 0 Å². The molecule has 1 fully saturated rings. The van der Waals surface area contributed by atoms with E-state index in [0.717, 1.165) is 25.7 Å². The Labute approximate surface area is 81.8 Å². The molecule has 1 aliphatic rings. The quantitative estimate of drug-likeness (QED) is 0.712. The molecule has 2 N–H and O–H groups in total. The van der Waals surface area contributed by atoms with E-state index in [1.807, 2.05) is 0 Å². The average molecular weight is 185 g/mol. The van der Waals surface area contributed by atoms with E-state index in [2.05, 4.69) is 6.92 Å². The predicted molar refractivity (Wildman–Crippen MR) is 55.6 cm³/mol. The van der Waals surface area contributed by atoms with E-state index in [1.165, 1.54) is 32.1 Å². The Hall–Kier alpha value is -0.0800. The molecule has 2 nitrogen and oxygen atoms in total. The Balaban J connectivity index is 2.26. The zero-order valence-electron chi connectivity index (χ0n) is 8.80. The molecule has 0 radical (unpaired) electrons. The first kappa shape index (κ1) is 11.0. The smallest absolute Gasteiger partial charge is 0.0508 e. The van der Waals surface area contributed by atoms with E-state index in [0.29, 0.717) is 5.92 Å². The Morgan fingerprint density at radius 2 is 2.00 bits per heavy atom. The summed E-state index contributed by atoms with van der Waals surface area (Å²) in [5.74, 6) is 1.45. The lowest BCUT2D eigenvalue weighted by Gasteiger charge is -2.29. The van der Waals surface area contributed by atoms with Crippen LogP contribution < -0.4 is 5.73 Å². The van der Waals surface area contributed by atoms with Gasteiger partial charge in [-0.25, -0.2) is 0 Å². The molecule has 1 unspecified atom stereocenters. The highest BCUT2D eigenvalue weighted by atomic mass is 16.5. The molecule has 1 saturated carbocycles. The van der Waals surface area contributed by atoms with Gasteiger partial charge in [-0.15, -0.1) is 0 Å². The molecular formula is C11H23NO. The molecule has 0 aromatic heterocycles. The van der Waals surface area contributed by atoms with Crippen LogP contribution in [0.4, 0.5) is 0 Å². The van der Waals surface area contributed by atoms with Crippen LogP contribution in [0, 0.1) is 11.8 Å². The van der Waals surface area contributed by atoms with Crippen LogP contribution in [0.15, 0.2) is 0 Å². The van der Waals surface area contributed by atoms with Crippen LogP contribution in [-0.4, -0.2) is 19.8 Å². The highest BCUT2D eigenvalue weighted by Crippen LogP contribution is 2.29. The molecule has 0 amide bonds. The van der Waals surface area contributed by atoms with E-state index in [1.54, 1.807) is 0 Å². The van der Waals surface area contributed by atoms with E-state index < -0.39 is 0 Å². The molecule has 0 heterocycles. The summed E-state index contributed by atoms with van der Waals surface area (Å²) in [6.45, 7) is 4.54. The van der Waals surface area contributed by atoms with Crippen molar-refractivity contribution in [1.82, 2.24) is 0 Å². The summed E-state index contributed by atoms with van der Waals surface area (Å²) in [6.07, 6.45) is 6.95. The summed E-state index contributed by atoms with van der Waals surface area (Å²) in [5.41, 5.74) is 5.76. The first-order valence-electron chi connectivity index (χ1n) is 5.66. The van der Waals surface area contributed by atoms with E-state index >= 15 is 0 Å². The number of rotatable bonds is 5. The summed E-state index contributed by atoms with van der Waals surface area (Å²) in [4.78, 5) is 0. The minimum Gasteiger partial charge on any atom is -0.381 e. The standard InChI is InChI=1S/C11H23NO/c1-2-13-9-11(8-12)10-6-4-3-5-7-10/h10-11H,2-9,12H2,1H3. The van der Waals surface area contributed by atoms with Crippen molar-refractivity contribution in [2.45, 2.75) is 39.0 Å². The summed E-state index contributed by atoms with van der Waals surface area (Å²) in [5, 5.41) is 0. The SMILES string of the molecule is CCOCC(CN)C1CCCCC1. The van der Waals surface area contributed by atoms with Crippen LogP contribution in [0.25, 0.3) is 0 Å². The maximum Gasteiger partial charge on any atom is 0.0508 e. The van der Waals surface area contributed by atoms with Crippen LogP contribution in [-0.2, 0) is 4.74 Å². The Morgan fingerprint density at radius 3 is 2.54 bits per heavy atom. The first-order chi connectivity index (χ1) is 6.38. The molecule has 0 aromatic carbocycles. The zero-order valence-corrected chi connectivity index (χ0v) is 8.80. The highest BCUT2D eigenvalue weighted by molar-refractivity contribution is 4.74. The zero-order chi connectivity index (χ0) is 9.52. The summed E-state index contributed by atoms with van der Waals surface area (Å²) >= 11 is 0. The molecule has 1 rings (SSSR count). The molecule has 0 saturated heterocycles. The molecule has 13 heavy (non-hydrogen) atoms. The lowest BCUT2D eigenvalue weighted by atomic mass is 9.80. The summed E-state index contributed by atoms with van der Waals surface area (Å²) in [7, 11) is 0. The molecule has 0 bridgehead atoms. The fourth-order valence-electron chi connectivity index (χ4n) is 2.27. The topological polar surface area (TPSA) is 35.2 Å². The third-order valence-electron chi connectivity index (χ3n) is 3.16. The van der Waals surface area contributed by atoms with E-state index in [4.69, 9.17) is 10.5 Å². The molecule has 1 aliphatic carbocycles. The number of ether oxygens (including phenoxy) is 1. The minimum absolute atomic E-state index is 0.611. The molecule has 2 heteroatoms. The van der Waals surface area contributed by atoms with E-state index in [9.17, 15) is 0 Å². The van der Waals surface area contributed by atoms with Crippen molar-refractivity contribution in [3.8, 4) is 0 Å². The summed E-state index contributed by atoms with van der Waals surface area (Å²) in [6, 6.07) is 0. The van der Waals surface area contributed by atoms with Crippen LogP contribution >= 0.6 is 0 Å². The fourth-order valence-corrected chi connectivity index (χ4v) is 2.27. The number of hydrogen-bond acceptors (Lipinski definition) is 2. The molecule has 1 atom stereocenters. The van der Waals surface area contributed by atoms with Crippen molar-refractivity contribution in [2.75, 3.05) is 19.8 Å². The van der Waals surface area contributed by atoms with Gasteiger partial charge in [0.05, 0.1) is 6.61 Å². The van der Waals surface area contributed by atoms with Gasteiger partial charge in [-0.05, 0) is 25.3 Å². The summed E-state index contributed by atoms with van der Waals surface area (Å²) < 4.78 is 5.46. The van der Waals surface area contributed by atoms with Crippen molar-refractivity contribution in [2.24, 2.45) is 17.6 Å². The molecule has 0 aliphatic heterocycles. The second-order valence-corrected chi connectivity index (χ2v) is 4.05. The van der Waals surface area contributed by atoms with Crippen molar-refractivity contribution < 1.29 is 4.74 Å². The van der Waals surface area contributed by atoms with Gasteiger partial charge in [-0.2, -0.15) is 0 Å². The maximum atomic E-state index is 5.76. The molecular weight excluding hydrogens is 162 g/mol. The molecule has 78 valence electrons. The van der Waals surface area contributed by atoms with Crippen LogP contribution in [0.2, 0.25) is 0 Å². The fraction of sp³-hybridized carbons (Fsp3) is 1.00. The minimum atomic E-state index is 0.611. The Kier molecular flexibility index (Phi) is 5.40. The molecule has 0 aromatic rings. The van der Waals surface area contributed by atoms with Gasteiger partial charge < -0.3 is 10.5 Å². The third-order valence-corrected chi connectivity index (χ3v) is 3.16. The second-order valence-electron chi connectivity index (χ2n) is 4.05. The lowest BCUT2D eigenvalue weighted by Crippen LogP contribution is -2.29. The number of hydrogen-bond donors (Lipinski definition) is 1. The van der Waals surface area contributed by atoms with Gasteiger partial charge in [0.2, 0.25) is 0 Å². The Bertz CT molecular complexity index is 121. The lowest BCUT2D eigenvalue weighted by molar-refractivity contribution is 0.0784. The van der Waals surface area contributed by atoms with Gasteiger partial charge in [-0.3, -0.25) is 0 Å². The van der Waals surface area contributed by atoms with E-state index in [-0.39, 0.29) is 0 Å². The van der Waals surface area contributed by atoms with Crippen molar-refractivity contribution in [3.63, 3.8) is 0 Å². The van der Waals surface area contributed by atoms with Crippen molar-refractivity contribution in [1.29, 1.82) is 0 Å². The van der Waals surface area contributed by atoms with Crippen LogP contribution in [0.5, 0.6) is 0 Å². The number of nitrogens with two attached hydrogens (primary N) is 1. The monoisotopic (exact) mass is 185 g/mol. The van der Waals surface area contributed by atoms with Crippen LogP contribution in [0.3, 0.4) is 0 Å². The largest absolute Gasteiger partial charge is 0.381 e. The highest BCUT2D eigenvalue weighted by Gasteiger charge is 2.22. The Morgan fingerprint density at radius 1 is 1.31 bits per heavy atom. The third kappa shape index (κ3) is 3.65.